The van der Waals surface area contributed by atoms with Crippen LogP contribution in [0.4, 0.5) is 4.79 Å². The van der Waals surface area contributed by atoms with E-state index in [2.05, 4.69) is 5.32 Å². The van der Waals surface area contributed by atoms with Gasteiger partial charge in [-0.3, -0.25) is 0 Å². The number of aliphatic carboxylic acids is 1. The van der Waals surface area contributed by atoms with Crippen molar-refractivity contribution in [3.63, 3.8) is 0 Å². The second-order valence-electron chi connectivity index (χ2n) is 5.21. The van der Waals surface area contributed by atoms with Gasteiger partial charge in [0.15, 0.2) is 0 Å². The number of carbonyl (C=O) groups excluding carboxylic acids is 1. The van der Waals surface area contributed by atoms with Crippen LogP contribution in [0.2, 0.25) is 0 Å². The molecule has 1 aromatic rings. The van der Waals surface area contributed by atoms with Crippen molar-refractivity contribution in [2.75, 3.05) is 14.2 Å². The predicted molar refractivity (Wildman–Crippen MR) is 79.3 cm³/mol. The van der Waals surface area contributed by atoms with Crippen LogP contribution in [0.25, 0.3) is 0 Å². The van der Waals surface area contributed by atoms with Crippen molar-refractivity contribution in [3.8, 4) is 5.75 Å². The van der Waals surface area contributed by atoms with Crippen LogP contribution >= 0.6 is 0 Å². The van der Waals surface area contributed by atoms with Crippen molar-refractivity contribution < 1.29 is 19.4 Å². The smallest absolute Gasteiger partial charge is 0.326 e. The van der Waals surface area contributed by atoms with Gasteiger partial charge in [0.2, 0.25) is 0 Å². The lowest BCUT2D eigenvalue weighted by molar-refractivity contribution is -0.140. The molecular formula is C15H22N2O4. The Labute approximate surface area is 124 Å². The minimum atomic E-state index is -1.03. The second-order valence-corrected chi connectivity index (χ2v) is 5.21. The number of ether oxygens (including phenoxy) is 1. The van der Waals surface area contributed by atoms with Gasteiger partial charge >= 0.3 is 12.0 Å². The van der Waals surface area contributed by atoms with Crippen molar-refractivity contribution in [1.29, 1.82) is 0 Å². The number of methoxy groups -OCH3 is 1. The van der Waals surface area contributed by atoms with Gasteiger partial charge in [-0.1, -0.05) is 26.0 Å². The van der Waals surface area contributed by atoms with E-state index in [0.717, 1.165) is 11.3 Å². The Balaban J connectivity index is 2.63. The molecule has 0 aliphatic heterocycles. The van der Waals surface area contributed by atoms with E-state index >= 15 is 0 Å². The summed E-state index contributed by atoms with van der Waals surface area (Å²) in [7, 11) is 3.21. The number of nitrogens with zero attached hydrogens (tertiary/aromatic N) is 1. The highest BCUT2D eigenvalue weighted by Gasteiger charge is 2.24. The summed E-state index contributed by atoms with van der Waals surface area (Å²) in [5.74, 6) is -0.464. The first-order valence-electron chi connectivity index (χ1n) is 6.72. The lowest BCUT2D eigenvalue weighted by atomic mass is 10.1. The third-order valence-electron chi connectivity index (χ3n) is 3.14. The number of rotatable bonds is 6. The number of carbonyl (C=O) groups is 2. The Kier molecular flexibility index (Phi) is 6.02. The first-order chi connectivity index (χ1) is 9.85. The summed E-state index contributed by atoms with van der Waals surface area (Å²) in [4.78, 5) is 24.5. The molecule has 0 spiro atoms. The van der Waals surface area contributed by atoms with Crippen LogP contribution in [-0.4, -0.2) is 42.2 Å². The number of amides is 2. The lowest BCUT2D eigenvalue weighted by Crippen LogP contribution is -2.48. The number of carboxylic acids is 1. The highest BCUT2D eigenvalue weighted by Crippen LogP contribution is 2.12. The number of hydrogen-bond acceptors (Lipinski definition) is 3. The molecule has 2 amide bonds. The molecule has 6 heteroatoms. The van der Waals surface area contributed by atoms with Crippen molar-refractivity contribution in [3.05, 3.63) is 29.8 Å². The zero-order chi connectivity index (χ0) is 16.0. The number of hydrogen-bond donors (Lipinski definition) is 2. The molecule has 2 N–H and O–H groups in total. The molecular weight excluding hydrogens is 272 g/mol. The van der Waals surface area contributed by atoms with E-state index in [4.69, 9.17) is 9.84 Å². The third-order valence-corrected chi connectivity index (χ3v) is 3.14. The Morgan fingerprint density at radius 3 is 2.29 bits per heavy atom. The van der Waals surface area contributed by atoms with Gasteiger partial charge in [0.05, 0.1) is 7.11 Å². The summed E-state index contributed by atoms with van der Waals surface area (Å²) >= 11 is 0. The minimum absolute atomic E-state index is 0.180. The van der Waals surface area contributed by atoms with Crippen molar-refractivity contribution >= 4 is 12.0 Å². The number of carboxylic acid groups (broad SMARTS) is 1. The minimum Gasteiger partial charge on any atom is -0.497 e. The van der Waals surface area contributed by atoms with E-state index in [1.807, 2.05) is 24.3 Å². The van der Waals surface area contributed by atoms with Gasteiger partial charge in [-0.05, 0) is 23.6 Å². The summed E-state index contributed by atoms with van der Waals surface area (Å²) < 4.78 is 5.07. The number of urea groups is 1. The quantitative estimate of drug-likeness (QED) is 0.840. The Morgan fingerprint density at radius 2 is 1.86 bits per heavy atom. The second kappa shape index (κ2) is 7.52. The normalized spacial score (nSPS) is 11.9. The Morgan fingerprint density at radius 1 is 1.29 bits per heavy atom. The first kappa shape index (κ1) is 16.8. The van der Waals surface area contributed by atoms with Crippen LogP contribution in [0.3, 0.4) is 0 Å². The fourth-order valence-corrected chi connectivity index (χ4v) is 1.83. The zero-order valence-electron chi connectivity index (χ0n) is 12.8. The van der Waals surface area contributed by atoms with Crippen LogP contribution in [-0.2, 0) is 11.3 Å². The maximum atomic E-state index is 12.0. The van der Waals surface area contributed by atoms with Crippen LogP contribution in [0, 0.1) is 5.92 Å². The molecule has 0 aliphatic rings. The zero-order valence-corrected chi connectivity index (χ0v) is 12.8. The van der Waals surface area contributed by atoms with E-state index in [9.17, 15) is 9.59 Å². The van der Waals surface area contributed by atoms with Crippen molar-refractivity contribution in [2.24, 2.45) is 5.92 Å². The standard InChI is InChI=1S/C15H22N2O4/c1-10(2)13(14(18)19)16-15(20)17(3)9-11-5-7-12(21-4)8-6-11/h5-8,10,13H,9H2,1-4H3,(H,16,20)(H,18,19)/t13-/m0/s1. The lowest BCUT2D eigenvalue weighted by Gasteiger charge is -2.23. The monoisotopic (exact) mass is 294 g/mol. The molecule has 0 bridgehead atoms. The molecule has 6 nitrogen and oxygen atoms in total. The van der Waals surface area contributed by atoms with Gasteiger partial charge in [-0.25, -0.2) is 9.59 Å². The fourth-order valence-electron chi connectivity index (χ4n) is 1.83. The molecule has 1 aromatic carbocycles. The Hall–Kier alpha value is -2.24. The highest BCUT2D eigenvalue weighted by molar-refractivity contribution is 5.82. The Bertz CT molecular complexity index is 485. The highest BCUT2D eigenvalue weighted by atomic mass is 16.5. The maximum Gasteiger partial charge on any atom is 0.326 e. The summed E-state index contributed by atoms with van der Waals surface area (Å²) in [6.45, 7) is 3.89. The molecule has 1 rings (SSSR count). The average Bonchev–Trinajstić information content (AvgIpc) is 2.44. The van der Waals surface area contributed by atoms with Crippen molar-refractivity contribution in [1.82, 2.24) is 10.2 Å². The fraction of sp³-hybridized carbons (Fsp3) is 0.467. The number of benzene rings is 1. The van der Waals surface area contributed by atoms with Gasteiger partial charge in [0.1, 0.15) is 11.8 Å². The molecule has 21 heavy (non-hydrogen) atoms. The molecule has 116 valence electrons. The molecule has 0 saturated heterocycles. The van der Waals surface area contributed by atoms with Crippen LogP contribution in [0.15, 0.2) is 24.3 Å². The van der Waals surface area contributed by atoms with E-state index < -0.39 is 18.0 Å². The SMILES string of the molecule is COc1ccc(CN(C)C(=O)N[C@H](C(=O)O)C(C)C)cc1. The van der Waals surface area contributed by atoms with Gasteiger partial charge in [-0.2, -0.15) is 0 Å². The largest absolute Gasteiger partial charge is 0.497 e. The molecule has 0 unspecified atom stereocenters. The van der Waals surface area contributed by atoms with Crippen LogP contribution in [0.1, 0.15) is 19.4 Å². The van der Waals surface area contributed by atoms with E-state index in [0.29, 0.717) is 6.54 Å². The molecule has 0 heterocycles. The molecule has 0 aromatic heterocycles. The summed E-state index contributed by atoms with van der Waals surface area (Å²) in [6, 6.07) is 6.05. The summed E-state index contributed by atoms with van der Waals surface area (Å²) in [5.41, 5.74) is 0.935. The van der Waals surface area contributed by atoms with Crippen LogP contribution in [0.5, 0.6) is 5.75 Å². The topological polar surface area (TPSA) is 78.9 Å². The molecule has 0 radical (unpaired) electrons. The third kappa shape index (κ3) is 4.98. The van der Waals surface area contributed by atoms with Gasteiger partial charge in [0, 0.05) is 13.6 Å². The predicted octanol–water partition coefficient (Wildman–Crippen LogP) is 1.95. The number of nitrogens with one attached hydrogen (secondary N) is 1. The van der Waals surface area contributed by atoms with Gasteiger partial charge in [0.25, 0.3) is 0 Å². The van der Waals surface area contributed by atoms with Gasteiger partial charge in [-0.15, -0.1) is 0 Å². The van der Waals surface area contributed by atoms with E-state index in [-0.39, 0.29) is 5.92 Å². The average molecular weight is 294 g/mol. The molecule has 0 saturated carbocycles. The molecule has 0 fully saturated rings. The summed E-state index contributed by atoms with van der Waals surface area (Å²) in [5, 5.41) is 11.6. The van der Waals surface area contributed by atoms with E-state index in [1.54, 1.807) is 28.0 Å². The molecule has 0 aliphatic carbocycles. The van der Waals surface area contributed by atoms with Crippen LogP contribution < -0.4 is 10.1 Å². The first-order valence-corrected chi connectivity index (χ1v) is 6.72. The maximum absolute atomic E-state index is 12.0. The molecule has 1 atom stereocenters. The van der Waals surface area contributed by atoms with Gasteiger partial charge < -0.3 is 20.1 Å². The van der Waals surface area contributed by atoms with Crippen molar-refractivity contribution in [2.45, 2.75) is 26.4 Å². The van der Waals surface area contributed by atoms with E-state index in [1.165, 1.54) is 4.90 Å². The summed E-state index contributed by atoms with van der Waals surface area (Å²) in [6.07, 6.45) is 0.